The molecule has 0 unspecified atom stereocenters. The number of anilines is 1. The van der Waals surface area contributed by atoms with Crippen molar-refractivity contribution in [3.8, 4) is 11.5 Å². The van der Waals surface area contributed by atoms with Crippen molar-refractivity contribution in [1.82, 2.24) is 0 Å². The molecule has 1 aliphatic rings. The second-order valence-corrected chi connectivity index (χ2v) is 7.88. The fourth-order valence-corrected chi connectivity index (χ4v) is 4.09. The van der Waals surface area contributed by atoms with Crippen LogP contribution in [0.5, 0.6) is 11.5 Å². The van der Waals surface area contributed by atoms with Crippen molar-refractivity contribution in [1.29, 1.82) is 0 Å². The number of ether oxygens (including phenoxy) is 3. The molecule has 0 N–H and O–H groups in total. The van der Waals surface area contributed by atoms with Crippen LogP contribution >= 0.6 is 0 Å². The summed E-state index contributed by atoms with van der Waals surface area (Å²) in [7, 11) is 0. The molecule has 0 atom stereocenters. The zero-order chi connectivity index (χ0) is 26.0. The minimum atomic E-state index is -3.27. The van der Waals surface area contributed by atoms with Crippen molar-refractivity contribution in [2.45, 2.75) is 33.3 Å². The van der Waals surface area contributed by atoms with Crippen LogP contribution in [0.15, 0.2) is 42.5 Å². The molecular formula is C26H22F3NO6. The van der Waals surface area contributed by atoms with Gasteiger partial charge in [0.05, 0.1) is 36.4 Å². The molecule has 3 aromatic carbocycles. The van der Waals surface area contributed by atoms with Gasteiger partial charge in [-0.25, -0.2) is 9.29 Å². The summed E-state index contributed by atoms with van der Waals surface area (Å²) >= 11 is 0. The standard InChI is InChI=1S/C26H22F3NO6/c1-3-11-35-22-16-7-5-6-8-17(16)23(36-26(28)29)21-20(22)24(32)30(25(21)33)15-10-9-14(18(27)13-15)12-19(31)34-4-2/h5-10,13,26H,3-4,11-12H2,1-2H3. The molecule has 10 heteroatoms. The molecule has 0 bridgehead atoms. The normalized spacial score (nSPS) is 12.9. The Morgan fingerprint density at radius 3 is 2.19 bits per heavy atom. The number of hydrogen-bond donors (Lipinski definition) is 0. The van der Waals surface area contributed by atoms with E-state index < -0.39 is 36.0 Å². The fraction of sp³-hybridized carbons (Fsp3) is 0.269. The van der Waals surface area contributed by atoms with E-state index in [0.717, 1.165) is 6.07 Å². The number of alkyl halides is 2. The lowest BCUT2D eigenvalue weighted by molar-refractivity contribution is -0.142. The van der Waals surface area contributed by atoms with E-state index in [1.165, 1.54) is 18.2 Å². The molecule has 0 saturated carbocycles. The van der Waals surface area contributed by atoms with E-state index in [9.17, 15) is 27.6 Å². The van der Waals surface area contributed by atoms with Gasteiger partial charge in [-0.15, -0.1) is 0 Å². The average Bonchev–Trinajstić information content (AvgIpc) is 3.10. The second-order valence-electron chi connectivity index (χ2n) is 7.88. The van der Waals surface area contributed by atoms with Crippen LogP contribution < -0.4 is 14.4 Å². The van der Waals surface area contributed by atoms with E-state index in [4.69, 9.17) is 14.2 Å². The average molecular weight is 501 g/mol. The zero-order valence-electron chi connectivity index (χ0n) is 19.5. The largest absolute Gasteiger partial charge is 0.492 e. The molecular weight excluding hydrogens is 479 g/mol. The summed E-state index contributed by atoms with van der Waals surface area (Å²) in [6.07, 6.45) is 0.242. The van der Waals surface area contributed by atoms with E-state index >= 15 is 0 Å². The summed E-state index contributed by atoms with van der Waals surface area (Å²) in [5.74, 6) is -3.71. The summed E-state index contributed by atoms with van der Waals surface area (Å²) in [5, 5.41) is 0.487. The van der Waals surface area contributed by atoms with E-state index in [2.05, 4.69) is 0 Å². The van der Waals surface area contributed by atoms with E-state index in [1.807, 2.05) is 6.92 Å². The molecule has 1 aliphatic heterocycles. The molecule has 2 amide bonds. The van der Waals surface area contributed by atoms with Crippen LogP contribution in [0.25, 0.3) is 10.8 Å². The summed E-state index contributed by atoms with van der Waals surface area (Å²) in [6, 6.07) is 9.74. The van der Waals surface area contributed by atoms with Gasteiger partial charge >= 0.3 is 12.6 Å². The van der Waals surface area contributed by atoms with Crippen molar-refractivity contribution in [3.63, 3.8) is 0 Å². The van der Waals surface area contributed by atoms with Gasteiger partial charge in [0.2, 0.25) is 0 Å². The third-order valence-corrected chi connectivity index (χ3v) is 5.55. The summed E-state index contributed by atoms with van der Waals surface area (Å²) < 4.78 is 56.9. The number of imide groups is 1. The number of carbonyl (C=O) groups is 3. The highest BCUT2D eigenvalue weighted by Gasteiger charge is 2.44. The highest BCUT2D eigenvalue weighted by molar-refractivity contribution is 6.38. The van der Waals surface area contributed by atoms with Crippen molar-refractivity contribution in [2.24, 2.45) is 0 Å². The first-order chi connectivity index (χ1) is 17.3. The zero-order valence-corrected chi connectivity index (χ0v) is 19.5. The number of hydrogen-bond acceptors (Lipinski definition) is 6. The number of fused-ring (bicyclic) bond motifs is 2. The molecule has 0 radical (unpaired) electrons. The fourth-order valence-electron chi connectivity index (χ4n) is 4.09. The third-order valence-electron chi connectivity index (χ3n) is 5.55. The minimum absolute atomic E-state index is 0.00763. The Balaban J connectivity index is 1.86. The van der Waals surface area contributed by atoms with E-state index in [1.54, 1.807) is 25.1 Å². The Morgan fingerprint density at radius 1 is 0.972 bits per heavy atom. The van der Waals surface area contributed by atoms with Gasteiger partial charge in [-0.05, 0) is 31.0 Å². The smallest absolute Gasteiger partial charge is 0.387 e. The van der Waals surface area contributed by atoms with Crippen LogP contribution in [-0.4, -0.2) is 37.6 Å². The van der Waals surface area contributed by atoms with Gasteiger partial charge < -0.3 is 14.2 Å². The molecule has 0 spiro atoms. The first-order valence-corrected chi connectivity index (χ1v) is 11.3. The SMILES string of the molecule is CCCOc1c2c(c(OC(F)F)c3ccccc13)C(=O)N(c1ccc(CC(=O)OCC)c(F)c1)C2=O. The van der Waals surface area contributed by atoms with Crippen molar-refractivity contribution < 1.29 is 41.8 Å². The van der Waals surface area contributed by atoms with Crippen molar-refractivity contribution >= 4 is 34.2 Å². The maximum Gasteiger partial charge on any atom is 0.387 e. The molecule has 0 saturated heterocycles. The van der Waals surface area contributed by atoms with Crippen LogP contribution in [-0.2, 0) is 16.0 Å². The number of halogens is 3. The van der Waals surface area contributed by atoms with Crippen LogP contribution in [0.1, 0.15) is 46.5 Å². The van der Waals surface area contributed by atoms with Gasteiger partial charge in [0, 0.05) is 10.8 Å². The number of esters is 1. The molecule has 3 aromatic rings. The highest BCUT2D eigenvalue weighted by Crippen LogP contribution is 2.46. The second kappa shape index (κ2) is 10.3. The lowest BCUT2D eigenvalue weighted by atomic mass is 9.99. The molecule has 0 fully saturated rings. The lowest BCUT2D eigenvalue weighted by Gasteiger charge is -2.16. The third kappa shape index (κ3) is 4.46. The van der Waals surface area contributed by atoms with Gasteiger partial charge in [0.1, 0.15) is 17.3 Å². The van der Waals surface area contributed by atoms with Crippen LogP contribution in [0.3, 0.4) is 0 Å². The van der Waals surface area contributed by atoms with E-state index in [0.29, 0.717) is 16.7 Å². The lowest BCUT2D eigenvalue weighted by Crippen LogP contribution is -2.29. The predicted octanol–water partition coefficient (Wildman–Crippen LogP) is 5.28. The Bertz CT molecular complexity index is 1360. The number of benzene rings is 3. The highest BCUT2D eigenvalue weighted by atomic mass is 19.3. The van der Waals surface area contributed by atoms with Gasteiger partial charge in [-0.2, -0.15) is 8.78 Å². The molecule has 0 aromatic heterocycles. The quantitative estimate of drug-likeness (QED) is 0.293. The predicted molar refractivity (Wildman–Crippen MR) is 124 cm³/mol. The summed E-state index contributed by atoms with van der Waals surface area (Å²) in [6.45, 7) is 0.526. The maximum absolute atomic E-state index is 14.8. The van der Waals surface area contributed by atoms with Crippen LogP contribution in [0.4, 0.5) is 18.9 Å². The first kappa shape index (κ1) is 25.0. The first-order valence-electron chi connectivity index (χ1n) is 11.3. The number of carbonyl (C=O) groups excluding carboxylic acids is 3. The Hall–Kier alpha value is -4.08. The molecule has 0 aliphatic carbocycles. The molecule has 4 rings (SSSR count). The summed E-state index contributed by atoms with van der Waals surface area (Å²) in [4.78, 5) is 39.4. The molecule has 36 heavy (non-hydrogen) atoms. The van der Waals surface area contributed by atoms with Gasteiger partial charge in [0.25, 0.3) is 11.8 Å². The number of amides is 2. The number of rotatable bonds is 9. The number of nitrogens with zero attached hydrogens (tertiary/aromatic N) is 1. The maximum atomic E-state index is 14.8. The molecule has 188 valence electrons. The Labute approximate surface area is 204 Å². The topological polar surface area (TPSA) is 82.1 Å². The van der Waals surface area contributed by atoms with Crippen LogP contribution in [0, 0.1) is 5.82 Å². The van der Waals surface area contributed by atoms with Gasteiger partial charge in [-0.1, -0.05) is 37.3 Å². The van der Waals surface area contributed by atoms with Crippen LogP contribution in [0.2, 0.25) is 0 Å². The molecule has 1 heterocycles. The Morgan fingerprint density at radius 2 is 1.61 bits per heavy atom. The Kier molecular flexibility index (Phi) is 7.14. The van der Waals surface area contributed by atoms with E-state index in [-0.39, 0.29) is 53.1 Å². The molecule has 7 nitrogen and oxygen atoms in total. The summed E-state index contributed by atoms with van der Waals surface area (Å²) in [5.41, 5.74) is -0.757. The minimum Gasteiger partial charge on any atom is -0.492 e. The monoisotopic (exact) mass is 501 g/mol. The van der Waals surface area contributed by atoms with Gasteiger partial charge in [0.15, 0.2) is 0 Å². The van der Waals surface area contributed by atoms with Crippen molar-refractivity contribution in [2.75, 3.05) is 18.1 Å². The van der Waals surface area contributed by atoms with Crippen molar-refractivity contribution in [3.05, 3.63) is 65.0 Å². The van der Waals surface area contributed by atoms with Gasteiger partial charge in [-0.3, -0.25) is 14.4 Å².